The first-order valence-corrected chi connectivity index (χ1v) is 5.52. The van der Waals surface area contributed by atoms with Gasteiger partial charge in [-0.3, -0.25) is 4.79 Å². The van der Waals surface area contributed by atoms with E-state index in [-0.39, 0.29) is 11.9 Å². The van der Waals surface area contributed by atoms with E-state index in [4.69, 9.17) is 4.74 Å². The predicted octanol–water partition coefficient (Wildman–Crippen LogP) is 2.23. The number of rotatable bonds is 7. The van der Waals surface area contributed by atoms with E-state index in [1.807, 2.05) is 0 Å². The highest BCUT2D eigenvalue weighted by molar-refractivity contribution is 5.87. The Bertz CT molecular complexity index is 271. The largest absolute Gasteiger partial charge is 0.466 e. The highest BCUT2D eigenvalue weighted by Crippen LogP contribution is 2.06. The van der Waals surface area contributed by atoms with Gasteiger partial charge < -0.3 is 14.2 Å². The van der Waals surface area contributed by atoms with Crippen LogP contribution in [0.1, 0.15) is 26.2 Å². The standard InChI is InChI=1S/C9H16O3.C4H6O2/c1-8(9(10)12-3)6-4-5-7-11-2;1-3-6-4(2)5/h1,4-7H2,2-3H3;3H,1H2,2H3. The van der Waals surface area contributed by atoms with E-state index in [1.54, 1.807) is 7.11 Å². The Morgan fingerprint density at radius 1 is 1.22 bits per heavy atom. The molecule has 0 aromatic rings. The Hall–Kier alpha value is -1.62. The summed E-state index contributed by atoms with van der Waals surface area (Å²) in [6.45, 7) is 8.82. The van der Waals surface area contributed by atoms with E-state index in [1.165, 1.54) is 14.0 Å². The van der Waals surface area contributed by atoms with Gasteiger partial charge in [0.15, 0.2) is 0 Å². The quantitative estimate of drug-likeness (QED) is 0.303. The second kappa shape index (κ2) is 13.4. The second-order valence-electron chi connectivity index (χ2n) is 3.32. The molecule has 0 aromatic carbocycles. The van der Waals surface area contributed by atoms with Crippen molar-refractivity contribution < 1.29 is 23.8 Å². The highest BCUT2D eigenvalue weighted by atomic mass is 16.5. The molecule has 0 spiro atoms. The number of hydrogen-bond donors (Lipinski definition) is 0. The number of carbonyl (C=O) groups excluding carboxylic acids is 2. The monoisotopic (exact) mass is 258 g/mol. The first-order valence-electron chi connectivity index (χ1n) is 5.52. The Labute approximate surface area is 108 Å². The SMILES string of the molecule is C=C(CCCCOC)C(=O)OC.C=COC(C)=O. The molecule has 0 aliphatic heterocycles. The van der Waals surface area contributed by atoms with Crippen molar-refractivity contribution in [3.63, 3.8) is 0 Å². The van der Waals surface area contributed by atoms with Crippen LogP contribution in [0.15, 0.2) is 25.0 Å². The van der Waals surface area contributed by atoms with Gasteiger partial charge >= 0.3 is 11.9 Å². The molecule has 0 amide bonds. The van der Waals surface area contributed by atoms with Crippen LogP contribution in [-0.4, -0.2) is 32.8 Å². The maximum Gasteiger partial charge on any atom is 0.333 e. The maximum absolute atomic E-state index is 10.8. The molecule has 0 atom stereocenters. The molecule has 0 rings (SSSR count). The van der Waals surface area contributed by atoms with Crippen LogP contribution in [-0.2, 0) is 23.8 Å². The van der Waals surface area contributed by atoms with E-state index in [2.05, 4.69) is 22.6 Å². The normalized spacial score (nSPS) is 8.61. The van der Waals surface area contributed by atoms with E-state index in [0.29, 0.717) is 12.0 Å². The maximum atomic E-state index is 10.8. The molecule has 0 aliphatic carbocycles. The lowest BCUT2D eigenvalue weighted by atomic mass is 10.1. The molecule has 0 aliphatic rings. The molecule has 0 bridgehead atoms. The fraction of sp³-hybridized carbons (Fsp3) is 0.538. The zero-order chi connectivity index (χ0) is 14.4. The second-order valence-corrected chi connectivity index (χ2v) is 3.32. The van der Waals surface area contributed by atoms with E-state index < -0.39 is 0 Å². The van der Waals surface area contributed by atoms with E-state index in [9.17, 15) is 9.59 Å². The number of esters is 2. The molecular formula is C13H22O5. The molecule has 5 nitrogen and oxygen atoms in total. The summed E-state index contributed by atoms with van der Waals surface area (Å²) < 4.78 is 13.5. The minimum absolute atomic E-state index is 0.313. The fourth-order valence-electron chi connectivity index (χ4n) is 0.949. The van der Waals surface area contributed by atoms with Crippen molar-refractivity contribution >= 4 is 11.9 Å². The van der Waals surface area contributed by atoms with Gasteiger partial charge in [-0.25, -0.2) is 4.79 Å². The van der Waals surface area contributed by atoms with Crippen LogP contribution in [0.25, 0.3) is 0 Å². The summed E-state index contributed by atoms with van der Waals surface area (Å²) in [6, 6.07) is 0. The Balaban J connectivity index is 0. The van der Waals surface area contributed by atoms with Crippen LogP contribution >= 0.6 is 0 Å². The third-order valence-corrected chi connectivity index (χ3v) is 1.80. The minimum Gasteiger partial charge on any atom is -0.466 e. The van der Waals surface area contributed by atoms with Gasteiger partial charge in [0.2, 0.25) is 0 Å². The summed E-state index contributed by atoms with van der Waals surface area (Å²) in [7, 11) is 3.03. The first-order chi connectivity index (χ1) is 8.49. The van der Waals surface area contributed by atoms with Gasteiger partial charge in [-0.1, -0.05) is 13.2 Å². The van der Waals surface area contributed by atoms with Gasteiger partial charge in [0.1, 0.15) is 0 Å². The van der Waals surface area contributed by atoms with Crippen molar-refractivity contribution in [3.8, 4) is 0 Å². The zero-order valence-electron chi connectivity index (χ0n) is 11.4. The number of ether oxygens (including phenoxy) is 3. The van der Waals surface area contributed by atoms with Crippen molar-refractivity contribution in [3.05, 3.63) is 25.0 Å². The summed E-state index contributed by atoms with van der Waals surface area (Å²) in [5, 5.41) is 0. The third kappa shape index (κ3) is 14.4. The summed E-state index contributed by atoms with van der Waals surface area (Å²) in [6.07, 6.45) is 3.66. The number of unbranched alkanes of at least 4 members (excludes halogenated alkanes) is 1. The molecule has 0 N–H and O–H groups in total. The van der Waals surface area contributed by atoms with Crippen molar-refractivity contribution in [1.82, 2.24) is 0 Å². The molecule has 0 aromatic heterocycles. The summed E-state index contributed by atoms with van der Waals surface area (Å²) in [4.78, 5) is 20.6. The van der Waals surface area contributed by atoms with Crippen LogP contribution in [0.3, 0.4) is 0 Å². The molecule has 18 heavy (non-hydrogen) atoms. The molecule has 104 valence electrons. The van der Waals surface area contributed by atoms with Crippen LogP contribution in [0.2, 0.25) is 0 Å². The molecule has 0 heterocycles. The molecule has 0 fully saturated rings. The zero-order valence-corrected chi connectivity index (χ0v) is 11.4. The topological polar surface area (TPSA) is 61.8 Å². The predicted molar refractivity (Wildman–Crippen MR) is 68.8 cm³/mol. The molecule has 0 unspecified atom stereocenters. The molecule has 0 radical (unpaired) electrons. The van der Waals surface area contributed by atoms with Gasteiger partial charge in [0.25, 0.3) is 0 Å². The lowest BCUT2D eigenvalue weighted by Crippen LogP contribution is -2.03. The van der Waals surface area contributed by atoms with Gasteiger partial charge in [-0.2, -0.15) is 0 Å². The summed E-state index contributed by atoms with van der Waals surface area (Å²) in [5.41, 5.74) is 0.536. The van der Waals surface area contributed by atoms with Crippen LogP contribution in [0.4, 0.5) is 0 Å². The van der Waals surface area contributed by atoms with E-state index >= 15 is 0 Å². The lowest BCUT2D eigenvalue weighted by molar-refractivity contribution is -0.136. The van der Waals surface area contributed by atoms with Crippen molar-refractivity contribution in [2.24, 2.45) is 0 Å². The fourth-order valence-corrected chi connectivity index (χ4v) is 0.949. The molecule has 0 saturated carbocycles. The van der Waals surface area contributed by atoms with E-state index in [0.717, 1.165) is 25.7 Å². The number of methoxy groups -OCH3 is 2. The van der Waals surface area contributed by atoms with Crippen molar-refractivity contribution in [2.45, 2.75) is 26.2 Å². The van der Waals surface area contributed by atoms with Crippen molar-refractivity contribution in [2.75, 3.05) is 20.8 Å². The van der Waals surface area contributed by atoms with Crippen LogP contribution < -0.4 is 0 Å². The molecule has 0 saturated heterocycles. The van der Waals surface area contributed by atoms with Gasteiger partial charge in [0, 0.05) is 26.2 Å². The average molecular weight is 258 g/mol. The third-order valence-electron chi connectivity index (χ3n) is 1.80. The summed E-state index contributed by atoms with van der Waals surface area (Å²) in [5.74, 6) is -0.641. The van der Waals surface area contributed by atoms with Gasteiger partial charge in [0.05, 0.1) is 13.4 Å². The van der Waals surface area contributed by atoms with Gasteiger partial charge in [-0.15, -0.1) is 0 Å². The molecule has 5 heteroatoms. The minimum atomic E-state index is -0.329. The molecular weight excluding hydrogens is 236 g/mol. The van der Waals surface area contributed by atoms with Crippen LogP contribution in [0.5, 0.6) is 0 Å². The van der Waals surface area contributed by atoms with Gasteiger partial charge in [-0.05, 0) is 19.3 Å². The Kier molecular flexibility index (Phi) is 14.0. The van der Waals surface area contributed by atoms with Crippen LogP contribution in [0, 0.1) is 0 Å². The smallest absolute Gasteiger partial charge is 0.333 e. The highest BCUT2D eigenvalue weighted by Gasteiger charge is 2.04. The summed E-state index contributed by atoms with van der Waals surface area (Å²) >= 11 is 0. The first kappa shape index (κ1) is 18.7. The van der Waals surface area contributed by atoms with Crippen molar-refractivity contribution in [1.29, 1.82) is 0 Å². The Morgan fingerprint density at radius 3 is 2.17 bits per heavy atom. The average Bonchev–Trinajstić information content (AvgIpc) is 2.34. The number of carbonyl (C=O) groups is 2. The number of hydrogen-bond acceptors (Lipinski definition) is 5. The Morgan fingerprint density at radius 2 is 1.83 bits per heavy atom. The lowest BCUT2D eigenvalue weighted by Gasteiger charge is -2.02.